The zero-order valence-corrected chi connectivity index (χ0v) is 16.2. The molecule has 0 saturated heterocycles. The summed E-state index contributed by atoms with van der Waals surface area (Å²) in [6.07, 6.45) is 0.717. The lowest BCUT2D eigenvalue weighted by atomic mass is 10.2. The van der Waals surface area contributed by atoms with E-state index in [1.807, 2.05) is 6.92 Å². The van der Waals surface area contributed by atoms with Crippen molar-refractivity contribution in [2.24, 2.45) is 0 Å². The van der Waals surface area contributed by atoms with Gasteiger partial charge in [-0.3, -0.25) is 9.52 Å². The van der Waals surface area contributed by atoms with Crippen molar-refractivity contribution in [1.82, 2.24) is 5.32 Å². The molecule has 2 rings (SSSR count). The maximum atomic E-state index is 12.5. The predicted molar refractivity (Wildman–Crippen MR) is 104 cm³/mol. The largest absolute Gasteiger partial charge is 0.495 e. The van der Waals surface area contributed by atoms with E-state index < -0.39 is 10.0 Å². The summed E-state index contributed by atoms with van der Waals surface area (Å²) in [6.45, 7) is 3.64. The van der Waals surface area contributed by atoms with Gasteiger partial charge in [-0.15, -0.1) is 0 Å². The Morgan fingerprint density at radius 3 is 2.44 bits per heavy atom. The van der Waals surface area contributed by atoms with Crippen LogP contribution in [0.5, 0.6) is 5.75 Å². The molecule has 1 amide bonds. The Kier molecular flexibility index (Phi) is 7.63. The molecular weight excluding hydrogens is 368 g/mol. The SMILES string of the molecule is CCOCCCNC(=O)c1ccc(S(=O)(=O)Nc2ccccc2OC)cc1. The normalized spacial score (nSPS) is 11.0. The fourth-order valence-corrected chi connectivity index (χ4v) is 3.41. The Hall–Kier alpha value is -2.58. The summed E-state index contributed by atoms with van der Waals surface area (Å²) in [5.41, 5.74) is 0.735. The molecule has 0 fully saturated rings. The lowest BCUT2D eigenvalue weighted by Gasteiger charge is -2.12. The molecule has 7 nitrogen and oxygen atoms in total. The zero-order chi connectivity index (χ0) is 19.7. The van der Waals surface area contributed by atoms with Gasteiger partial charge in [0, 0.05) is 25.3 Å². The Labute approximate surface area is 159 Å². The van der Waals surface area contributed by atoms with Gasteiger partial charge in [0.25, 0.3) is 15.9 Å². The Bertz CT molecular complexity index is 851. The van der Waals surface area contributed by atoms with Crippen LogP contribution in [0.1, 0.15) is 23.7 Å². The van der Waals surface area contributed by atoms with E-state index in [9.17, 15) is 13.2 Å². The van der Waals surface area contributed by atoms with Gasteiger partial charge in [-0.25, -0.2) is 8.42 Å². The van der Waals surface area contributed by atoms with Crippen LogP contribution in [0.3, 0.4) is 0 Å². The molecule has 2 N–H and O–H groups in total. The highest BCUT2D eigenvalue weighted by molar-refractivity contribution is 7.92. The molecule has 27 heavy (non-hydrogen) atoms. The summed E-state index contributed by atoms with van der Waals surface area (Å²) in [5, 5.41) is 2.77. The van der Waals surface area contributed by atoms with E-state index in [1.165, 1.54) is 31.4 Å². The molecular formula is C19H24N2O5S. The number of anilines is 1. The lowest BCUT2D eigenvalue weighted by molar-refractivity contribution is 0.0944. The molecule has 0 aromatic heterocycles. The quantitative estimate of drug-likeness (QED) is 0.606. The molecule has 2 aromatic rings. The highest BCUT2D eigenvalue weighted by Gasteiger charge is 2.17. The summed E-state index contributed by atoms with van der Waals surface area (Å²) in [4.78, 5) is 12.1. The topological polar surface area (TPSA) is 93.7 Å². The van der Waals surface area contributed by atoms with Gasteiger partial charge in [0.2, 0.25) is 0 Å². The summed E-state index contributed by atoms with van der Waals surface area (Å²) < 4.78 is 37.9. The molecule has 0 unspecified atom stereocenters. The van der Waals surface area contributed by atoms with Crippen molar-refractivity contribution in [2.75, 3.05) is 31.6 Å². The van der Waals surface area contributed by atoms with Gasteiger partial charge >= 0.3 is 0 Å². The number of methoxy groups -OCH3 is 1. The number of carbonyl (C=O) groups excluding carboxylic acids is 1. The van der Waals surface area contributed by atoms with Gasteiger partial charge in [-0.05, 0) is 49.7 Å². The second-order valence-corrected chi connectivity index (χ2v) is 7.32. The van der Waals surface area contributed by atoms with Gasteiger partial charge in [-0.1, -0.05) is 12.1 Å². The molecule has 0 bridgehead atoms. The van der Waals surface area contributed by atoms with Crippen LogP contribution in [-0.2, 0) is 14.8 Å². The van der Waals surface area contributed by atoms with Crippen LogP contribution in [0.25, 0.3) is 0 Å². The van der Waals surface area contributed by atoms with Gasteiger partial charge < -0.3 is 14.8 Å². The van der Waals surface area contributed by atoms with Crippen LogP contribution >= 0.6 is 0 Å². The zero-order valence-electron chi connectivity index (χ0n) is 15.4. The fourth-order valence-electron chi connectivity index (χ4n) is 2.34. The van der Waals surface area contributed by atoms with E-state index in [2.05, 4.69) is 10.0 Å². The van der Waals surface area contributed by atoms with Crippen LogP contribution in [0.15, 0.2) is 53.4 Å². The van der Waals surface area contributed by atoms with Crippen LogP contribution in [0, 0.1) is 0 Å². The van der Waals surface area contributed by atoms with Crippen LogP contribution in [-0.4, -0.2) is 41.2 Å². The first-order chi connectivity index (χ1) is 13.0. The number of nitrogens with one attached hydrogen (secondary N) is 2. The van der Waals surface area contributed by atoms with Gasteiger partial charge in [0.15, 0.2) is 0 Å². The lowest BCUT2D eigenvalue weighted by Crippen LogP contribution is -2.25. The summed E-state index contributed by atoms with van der Waals surface area (Å²) >= 11 is 0. The molecule has 0 spiro atoms. The number of amides is 1. The summed E-state index contributed by atoms with van der Waals surface area (Å²) in [5.74, 6) is 0.164. The Balaban J connectivity index is 2.02. The maximum absolute atomic E-state index is 12.5. The highest BCUT2D eigenvalue weighted by Crippen LogP contribution is 2.26. The minimum absolute atomic E-state index is 0.0568. The predicted octanol–water partition coefficient (Wildman–Crippen LogP) is 2.65. The summed E-state index contributed by atoms with van der Waals surface area (Å²) in [6, 6.07) is 12.5. The second-order valence-electron chi connectivity index (χ2n) is 5.64. The third-order valence-corrected chi connectivity index (χ3v) is 5.11. The number of benzene rings is 2. The maximum Gasteiger partial charge on any atom is 0.262 e. The summed E-state index contributed by atoms with van der Waals surface area (Å²) in [7, 11) is -2.33. The molecule has 146 valence electrons. The van der Waals surface area contributed by atoms with Gasteiger partial charge in [-0.2, -0.15) is 0 Å². The molecule has 0 aliphatic carbocycles. The average Bonchev–Trinajstić information content (AvgIpc) is 2.68. The Morgan fingerprint density at radius 1 is 1.07 bits per heavy atom. The number of carbonyl (C=O) groups is 1. The first kappa shape index (κ1) is 20.7. The standard InChI is InChI=1S/C19H24N2O5S/c1-3-26-14-6-13-20-19(22)15-9-11-16(12-10-15)27(23,24)21-17-7-4-5-8-18(17)25-2/h4-5,7-12,21H,3,6,13-14H2,1-2H3,(H,20,22). The van der Waals surface area contributed by atoms with Crippen molar-refractivity contribution >= 4 is 21.6 Å². The first-order valence-corrected chi connectivity index (χ1v) is 10.1. The molecule has 0 saturated carbocycles. The smallest absolute Gasteiger partial charge is 0.262 e. The second kappa shape index (κ2) is 9.94. The van der Waals surface area contributed by atoms with E-state index in [0.29, 0.717) is 36.8 Å². The first-order valence-electron chi connectivity index (χ1n) is 8.59. The molecule has 0 radical (unpaired) electrons. The molecule has 0 atom stereocenters. The number of hydrogen-bond donors (Lipinski definition) is 2. The van der Waals surface area contributed by atoms with Crippen molar-refractivity contribution in [3.05, 3.63) is 54.1 Å². The monoisotopic (exact) mass is 392 g/mol. The number of sulfonamides is 1. The molecule has 0 heterocycles. The third kappa shape index (κ3) is 5.97. The van der Waals surface area contributed by atoms with Crippen molar-refractivity contribution in [3.63, 3.8) is 0 Å². The third-order valence-electron chi connectivity index (χ3n) is 3.73. The average molecular weight is 392 g/mol. The number of hydrogen-bond acceptors (Lipinski definition) is 5. The van der Waals surface area contributed by atoms with E-state index in [1.54, 1.807) is 24.3 Å². The van der Waals surface area contributed by atoms with E-state index in [4.69, 9.17) is 9.47 Å². The van der Waals surface area contributed by atoms with Crippen LogP contribution in [0.4, 0.5) is 5.69 Å². The highest BCUT2D eigenvalue weighted by atomic mass is 32.2. The minimum Gasteiger partial charge on any atom is -0.495 e. The van der Waals surface area contributed by atoms with Crippen molar-refractivity contribution in [1.29, 1.82) is 0 Å². The molecule has 0 aliphatic rings. The van der Waals surface area contributed by atoms with E-state index in [-0.39, 0.29) is 10.8 Å². The molecule has 2 aromatic carbocycles. The molecule has 0 aliphatic heterocycles. The minimum atomic E-state index is -3.79. The molecule has 8 heteroatoms. The van der Waals surface area contributed by atoms with Crippen molar-refractivity contribution in [3.8, 4) is 5.75 Å². The fraction of sp³-hybridized carbons (Fsp3) is 0.316. The number of ether oxygens (including phenoxy) is 2. The van der Waals surface area contributed by atoms with Gasteiger partial charge in [0.1, 0.15) is 5.75 Å². The Morgan fingerprint density at radius 2 is 1.78 bits per heavy atom. The van der Waals surface area contributed by atoms with Gasteiger partial charge in [0.05, 0.1) is 17.7 Å². The van der Waals surface area contributed by atoms with Crippen LogP contribution < -0.4 is 14.8 Å². The van der Waals surface area contributed by atoms with Crippen molar-refractivity contribution < 1.29 is 22.7 Å². The number of para-hydroxylation sites is 2. The van der Waals surface area contributed by atoms with Crippen molar-refractivity contribution in [2.45, 2.75) is 18.2 Å². The van der Waals surface area contributed by atoms with E-state index in [0.717, 1.165) is 6.42 Å². The van der Waals surface area contributed by atoms with E-state index >= 15 is 0 Å². The van der Waals surface area contributed by atoms with Crippen LogP contribution in [0.2, 0.25) is 0 Å². The number of rotatable bonds is 10.